The molecule has 1 heterocycles. The van der Waals surface area contributed by atoms with E-state index in [0.717, 1.165) is 43.1 Å². The number of hydrazone groups is 1. The van der Waals surface area contributed by atoms with Crippen LogP contribution in [0.15, 0.2) is 114 Å². The van der Waals surface area contributed by atoms with Crippen LogP contribution in [0.1, 0.15) is 27.2 Å². The van der Waals surface area contributed by atoms with Gasteiger partial charge in [0, 0.05) is 27.5 Å². The molecule has 5 aromatic rings. The zero-order valence-corrected chi connectivity index (χ0v) is 24.1. The minimum absolute atomic E-state index is 0.278. The fourth-order valence-corrected chi connectivity index (χ4v) is 5.08. The van der Waals surface area contributed by atoms with Crippen LogP contribution < -0.4 is 10.2 Å². The summed E-state index contributed by atoms with van der Waals surface area (Å²) in [5, 5.41) is 4.82. The Balaban J connectivity index is 1.21. The molecule has 0 atom stereocenters. The van der Waals surface area contributed by atoms with Crippen molar-refractivity contribution >= 4 is 46.3 Å². The molecule has 5 nitrogen and oxygen atoms in total. The van der Waals surface area contributed by atoms with Crippen LogP contribution in [0.25, 0.3) is 16.9 Å². The van der Waals surface area contributed by atoms with Gasteiger partial charge in [0.25, 0.3) is 5.91 Å². The number of aryl methyl sites for hydroxylation is 1. The van der Waals surface area contributed by atoms with E-state index >= 15 is 0 Å². The van der Waals surface area contributed by atoms with Crippen molar-refractivity contribution in [3.8, 4) is 22.7 Å². The summed E-state index contributed by atoms with van der Waals surface area (Å²) in [5.74, 6) is 0.477. The SMILES string of the molecule is Cc1ccc(-c2ccccc2)n1-c1ccc(C(=O)N/N=C/c2ccc(OCc3ccccc3Cl)c(I)c2)cc1. The predicted molar refractivity (Wildman–Crippen MR) is 166 cm³/mol. The summed E-state index contributed by atoms with van der Waals surface area (Å²) >= 11 is 8.43. The highest BCUT2D eigenvalue weighted by Gasteiger charge is 2.11. The molecule has 0 aliphatic heterocycles. The molecular weight excluding hydrogens is 621 g/mol. The molecule has 7 heteroatoms. The summed E-state index contributed by atoms with van der Waals surface area (Å²) in [4.78, 5) is 12.7. The van der Waals surface area contributed by atoms with Gasteiger partial charge in [0.05, 0.1) is 15.5 Å². The van der Waals surface area contributed by atoms with Crippen molar-refractivity contribution in [2.75, 3.05) is 0 Å². The second kappa shape index (κ2) is 12.3. The number of carbonyl (C=O) groups is 1. The quantitative estimate of drug-likeness (QED) is 0.105. The molecule has 4 aromatic carbocycles. The zero-order chi connectivity index (χ0) is 27.2. The molecule has 1 aromatic heterocycles. The van der Waals surface area contributed by atoms with E-state index in [4.69, 9.17) is 16.3 Å². The van der Waals surface area contributed by atoms with Crippen LogP contribution in [-0.2, 0) is 6.61 Å². The molecular formula is C32H25ClIN3O2. The van der Waals surface area contributed by atoms with Crippen LogP contribution in [0.5, 0.6) is 5.75 Å². The fourth-order valence-electron chi connectivity index (χ4n) is 4.19. The summed E-state index contributed by atoms with van der Waals surface area (Å²) in [6.45, 7) is 2.45. The highest BCUT2D eigenvalue weighted by atomic mass is 127. The third-order valence-corrected chi connectivity index (χ3v) is 7.42. The maximum absolute atomic E-state index is 12.7. The molecule has 0 saturated carbocycles. The van der Waals surface area contributed by atoms with Gasteiger partial charge >= 0.3 is 0 Å². The van der Waals surface area contributed by atoms with E-state index < -0.39 is 0 Å². The lowest BCUT2D eigenvalue weighted by Gasteiger charge is -2.12. The molecule has 0 aliphatic carbocycles. The number of nitrogens with zero attached hydrogens (tertiary/aromatic N) is 2. The molecule has 5 rings (SSSR count). The molecule has 0 saturated heterocycles. The van der Waals surface area contributed by atoms with Crippen molar-refractivity contribution in [3.63, 3.8) is 0 Å². The van der Waals surface area contributed by atoms with Crippen molar-refractivity contribution in [1.82, 2.24) is 9.99 Å². The number of nitrogens with one attached hydrogen (secondary N) is 1. The number of hydrogen-bond donors (Lipinski definition) is 1. The maximum atomic E-state index is 12.7. The number of amides is 1. The van der Waals surface area contributed by atoms with E-state index in [0.29, 0.717) is 17.2 Å². The van der Waals surface area contributed by atoms with Crippen LogP contribution in [-0.4, -0.2) is 16.7 Å². The van der Waals surface area contributed by atoms with Gasteiger partial charge in [-0.25, -0.2) is 5.43 Å². The molecule has 194 valence electrons. The van der Waals surface area contributed by atoms with Crippen LogP contribution in [0.3, 0.4) is 0 Å². The third kappa shape index (κ3) is 6.41. The molecule has 0 aliphatic rings. The average Bonchev–Trinajstić information content (AvgIpc) is 3.35. The molecule has 39 heavy (non-hydrogen) atoms. The van der Waals surface area contributed by atoms with E-state index in [1.807, 2.05) is 84.9 Å². The van der Waals surface area contributed by atoms with Gasteiger partial charge in [-0.15, -0.1) is 0 Å². The zero-order valence-electron chi connectivity index (χ0n) is 21.1. The van der Waals surface area contributed by atoms with E-state index in [1.54, 1.807) is 6.21 Å². The lowest BCUT2D eigenvalue weighted by atomic mass is 10.1. The van der Waals surface area contributed by atoms with Crippen LogP contribution in [0.2, 0.25) is 5.02 Å². The van der Waals surface area contributed by atoms with Crippen molar-refractivity contribution in [1.29, 1.82) is 0 Å². The molecule has 0 bridgehead atoms. The Hall–Kier alpha value is -3.88. The van der Waals surface area contributed by atoms with Gasteiger partial charge in [-0.2, -0.15) is 5.10 Å². The maximum Gasteiger partial charge on any atom is 0.271 e. The van der Waals surface area contributed by atoms with E-state index in [2.05, 4.69) is 68.9 Å². The summed E-state index contributed by atoms with van der Waals surface area (Å²) in [5.41, 5.74) is 9.25. The van der Waals surface area contributed by atoms with Gasteiger partial charge in [-0.05, 0) is 101 Å². The van der Waals surface area contributed by atoms with Crippen molar-refractivity contribution in [3.05, 3.63) is 140 Å². The summed E-state index contributed by atoms with van der Waals surface area (Å²) < 4.78 is 9.04. The number of ether oxygens (including phenoxy) is 1. The highest BCUT2D eigenvalue weighted by molar-refractivity contribution is 14.1. The second-order valence-corrected chi connectivity index (χ2v) is 10.4. The monoisotopic (exact) mass is 645 g/mol. The van der Waals surface area contributed by atoms with Gasteiger partial charge < -0.3 is 9.30 Å². The van der Waals surface area contributed by atoms with Gasteiger partial charge in [0.15, 0.2) is 0 Å². The van der Waals surface area contributed by atoms with Crippen LogP contribution >= 0.6 is 34.2 Å². The van der Waals surface area contributed by atoms with E-state index in [9.17, 15) is 4.79 Å². The highest BCUT2D eigenvalue weighted by Crippen LogP contribution is 2.27. The number of benzene rings is 4. The number of carbonyl (C=O) groups excluding carboxylic acids is 1. The number of halogens is 2. The fraction of sp³-hybridized carbons (Fsp3) is 0.0625. The van der Waals surface area contributed by atoms with Gasteiger partial charge in [0.2, 0.25) is 0 Å². The molecule has 1 N–H and O–H groups in total. The van der Waals surface area contributed by atoms with E-state index in [1.165, 1.54) is 0 Å². The number of hydrogen-bond acceptors (Lipinski definition) is 3. The van der Waals surface area contributed by atoms with Gasteiger partial charge in [0.1, 0.15) is 12.4 Å². The minimum atomic E-state index is -0.278. The lowest BCUT2D eigenvalue weighted by Crippen LogP contribution is -2.17. The Labute approximate surface area is 246 Å². The second-order valence-electron chi connectivity index (χ2n) is 8.88. The first-order chi connectivity index (χ1) is 19.0. The minimum Gasteiger partial charge on any atom is -0.488 e. The standard InChI is InChI=1S/C32H25ClIN3O2/c1-22-11-17-30(24-7-3-2-4-8-24)37(22)27-15-13-25(14-16-27)32(38)36-35-20-23-12-18-31(29(34)19-23)39-21-26-9-5-6-10-28(26)33/h2-20H,21H2,1H3,(H,36,38)/b35-20+. The Kier molecular flexibility index (Phi) is 8.44. The van der Waals surface area contributed by atoms with Gasteiger partial charge in [-0.3, -0.25) is 4.79 Å². The lowest BCUT2D eigenvalue weighted by molar-refractivity contribution is 0.0955. The van der Waals surface area contributed by atoms with Crippen molar-refractivity contribution < 1.29 is 9.53 Å². The van der Waals surface area contributed by atoms with Crippen LogP contribution in [0.4, 0.5) is 0 Å². The van der Waals surface area contributed by atoms with Gasteiger partial charge in [-0.1, -0.05) is 60.1 Å². The summed E-state index contributed by atoms with van der Waals surface area (Å²) in [6, 6.07) is 35.3. The average molecular weight is 646 g/mol. The van der Waals surface area contributed by atoms with E-state index in [-0.39, 0.29) is 5.91 Å². The smallest absolute Gasteiger partial charge is 0.271 e. The molecule has 0 radical (unpaired) electrons. The molecule has 1 amide bonds. The Morgan fingerprint density at radius 2 is 1.69 bits per heavy atom. The molecule has 0 unspecified atom stereocenters. The third-order valence-electron chi connectivity index (χ3n) is 6.21. The summed E-state index contributed by atoms with van der Waals surface area (Å²) in [6.07, 6.45) is 1.61. The Morgan fingerprint density at radius 1 is 0.949 bits per heavy atom. The number of aromatic nitrogens is 1. The van der Waals surface area contributed by atoms with Crippen LogP contribution in [0, 0.1) is 10.5 Å². The normalized spacial score (nSPS) is 11.1. The first kappa shape index (κ1) is 26.7. The van der Waals surface area contributed by atoms with Crippen molar-refractivity contribution in [2.24, 2.45) is 5.10 Å². The predicted octanol–water partition coefficient (Wildman–Crippen LogP) is 8.05. The largest absolute Gasteiger partial charge is 0.488 e. The first-order valence-electron chi connectivity index (χ1n) is 12.3. The Morgan fingerprint density at radius 3 is 2.44 bits per heavy atom. The summed E-state index contributed by atoms with van der Waals surface area (Å²) in [7, 11) is 0. The molecule has 0 spiro atoms. The number of rotatable bonds is 8. The Bertz CT molecular complexity index is 1630. The molecule has 0 fully saturated rings. The first-order valence-corrected chi connectivity index (χ1v) is 13.8. The topological polar surface area (TPSA) is 55.6 Å². The van der Waals surface area contributed by atoms with Crippen molar-refractivity contribution in [2.45, 2.75) is 13.5 Å².